The van der Waals surface area contributed by atoms with E-state index < -0.39 is 33.6 Å². The Labute approximate surface area is 159 Å². The van der Waals surface area contributed by atoms with Gasteiger partial charge in [0.1, 0.15) is 4.90 Å². The summed E-state index contributed by atoms with van der Waals surface area (Å²) in [6.07, 6.45) is -4.57. The molecule has 0 atom stereocenters. The van der Waals surface area contributed by atoms with Gasteiger partial charge in [-0.15, -0.1) is 0 Å². The van der Waals surface area contributed by atoms with E-state index in [9.17, 15) is 31.2 Å². The largest absolute Gasteiger partial charge is 0.416 e. The summed E-state index contributed by atoms with van der Waals surface area (Å²) in [5.41, 5.74) is -1.11. The highest BCUT2D eigenvalue weighted by atomic mass is 32.2. The summed E-state index contributed by atoms with van der Waals surface area (Å²) in [5, 5.41) is 2.32. The van der Waals surface area contributed by atoms with E-state index in [4.69, 9.17) is 0 Å². The van der Waals surface area contributed by atoms with Gasteiger partial charge < -0.3 is 5.32 Å². The van der Waals surface area contributed by atoms with Crippen LogP contribution in [0.1, 0.15) is 38.8 Å². The fraction of sp³-hybridized carbons (Fsp3) is 0.222. The van der Waals surface area contributed by atoms with Crippen molar-refractivity contribution in [1.82, 2.24) is 4.31 Å². The van der Waals surface area contributed by atoms with Crippen LogP contribution < -0.4 is 5.32 Å². The summed E-state index contributed by atoms with van der Waals surface area (Å²) < 4.78 is 64.5. The fourth-order valence-corrected chi connectivity index (χ4v) is 4.54. The Morgan fingerprint density at radius 3 is 2.43 bits per heavy atom. The van der Waals surface area contributed by atoms with Crippen molar-refractivity contribution in [3.63, 3.8) is 0 Å². The van der Waals surface area contributed by atoms with Crippen LogP contribution in [0.5, 0.6) is 0 Å². The molecule has 6 nitrogen and oxygen atoms in total. The number of nitrogens with one attached hydrogen (secondary N) is 1. The number of carbonyl (C=O) groups excluding carboxylic acids is 2. The molecule has 1 N–H and O–H groups in total. The lowest BCUT2D eigenvalue weighted by Gasteiger charge is -2.13. The zero-order chi connectivity index (χ0) is 20.9. The van der Waals surface area contributed by atoms with Crippen LogP contribution in [-0.4, -0.2) is 31.1 Å². The second-order valence-electron chi connectivity index (χ2n) is 6.17. The third-order valence-corrected chi connectivity index (χ3v) is 6.25. The second kappa shape index (κ2) is 6.62. The lowest BCUT2D eigenvalue weighted by molar-refractivity contribution is -0.138. The maximum Gasteiger partial charge on any atom is 0.416 e. The smallest absolute Gasteiger partial charge is 0.322 e. The van der Waals surface area contributed by atoms with Crippen molar-refractivity contribution in [1.29, 1.82) is 0 Å². The molecule has 0 bridgehead atoms. The minimum Gasteiger partial charge on any atom is -0.322 e. The Bertz CT molecular complexity index is 1090. The lowest BCUT2D eigenvalue weighted by Crippen LogP contribution is -2.29. The van der Waals surface area contributed by atoms with E-state index in [2.05, 4.69) is 5.32 Å². The first kappa shape index (κ1) is 19.9. The van der Waals surface area contributed by atoms with Gasteiger partial charge in [-0.25, -0.2) is 12.7 Å². The van der Waals surface area contributed by atoms with E-state index in [1.807, 2.05) is 0 Å². The van der Waals surface area contributed by atoms with E-state index in [0.717, 1.165) is 12.1 Å². The number of fused-ring (bicyclic) bond motifs is 1. The van der Waals surface area contributed by atoms with Crippen molar-refractivity contribution in [2.45, 2.75) is 24.9 Å². The molecule has 0 fully saturated rings. The summed E-state index contributed by atoms with van der Waals surface area (Å²) in [4.78, 5) is 24.2. The van der Waals surface area contributed by atoms with Crippen molar-refractivity contribution in [3.8, 4) is 0 Å². The van der Waals surface area contributed by atoms with Gasteiger partial charge in [0, 0.05) is 17.8 Å². The van der Waals surface area contributed by atoms with Crippen LogP contribution >= 0.6 is 0 Å². The normalized spacial score (nSPS) is 15.5. The van der Waals surface area contributed by atoms with Crippen LogP contribution in [-0.2, 0) is 16.2 Å². The number of hydrogen-bond donors (Lipinski definition) is 1. The van der Waals surface area contributed by atoms with E-state index in [0.29, 0.717) is 4.31 Å². The van der Waals surface area contributed by atoms with Gasteiger partial charge in [0.05, 0.1) is 11.1 Å². The van der Waals surface area contributed by atoms with Crippen molar-refractivity contribution < 1.29 is 31.2 Å². The molecular weight excluding hydrogens is 397 g/mol. The Morgan fingerprint density at radius 2 is 1.82 bits per heavy atom. The number of rotatable bonds is 3. The zero-order valence-electron chi connectivity index (χ0n) is 14.8. The number of aryl methyl sites for hydroxylation is 1. The number of halogens is 3. The summed E-state index contributed by atoms with van der Waals surface area (Å²) in [6, 6.07) is 6.86. The number of alkyl halides is 3. The first-order valence-corrected chi connectivity index (χ1v) is 9.61. The molecule has 1 aliphatic heterocycles. The van der Waals surface area contributed by atoms with Crippen LogP contribution in [0, 0.1) is 6.92 Å². The number of nitrogens with zero attached hydrogens (tertiary/aromatic N) is 1. The molecule has 10 heteroatoms. The van der Waals surface area contributed by atoms with Gasteiger partial charge in [-0.1, -0.05) is 6.07 Å². The minimum atomic E-state index is -4.57. The van der Waals surface area contributed by atoms with E-state index in [1.165, 1.54) is 38.1 Å². The number of benzene rings is 2. The molecule has 0 aromatic heterocycles. The Hall–Kier alpha value is -2.88. The predicted octanol–water partition coefficient (Wildman–Crippen LogP) is 3.43. The molecule has 0 spiro atoms. The van der Waals surface area contributed by atoms with Gasteiger partial charge in [-0.05, 0) is 49.7 Å². The highest BCUT2D eigenvalue weighted by Crippen LogP contribution is 2.34. The van der Waals surface area contributed by atoms with E-state index in [-0.39, 0.29) is 33.8 Å². The van der Waals surface area contributed by atoms with Crippen molar-refractivity contribution in [3.05, 3.63) is 58.7 Å². The molecule has 1 aliphatic rings. The summed E-state index contributed by atoms with van der Waals surface area (Å²) >= 11 is 0. The summed E-state index contributed by atoms with van der Waals surface area (Å²) in [6.45, 7) is 2.75. The fourth-order valence-electron chi connectivity index (χ4n) is 2.94. The molecule has 148 valence electrons. The molecule has 0 saturated heterocycles. The number of anilines is 1. The zero-order valence-corrected chi connectivity index (χ0v) is 15.6. The molecule has 2 aromatic carbocycles. The predicted molar refractivity (Wildman–Crippen MR) is 94.5 cm³/mol. The monoisotopic (exact) mass is 412 g/mol. The average molecular weight is 412 g/mol. The van der Waals surface area contributed by atoms with Crippen molar-refractivity contribution in [2.24, 2.45) is 0 Å². The van der Waals surface area contributed by atoms with Gasteiger partial charge in [0.15, 0.2) is 0 Å². The molecule has 2 aromatic rings. The van der Waals surface area contributed by atoms with Gasteiger partial charge in [0.2, 0.25) is 0 Å². The maximum absolute atomic E-state index is 13.0. The van der Waals surface area contributed by atoms with Crippen LogP contribution in [0.25, 0.3) is 0 Å². The summed E-state index contributed by atoms with van der Waals surface area (Å²) in [5.74, 6) is -1.48. The van der Waals surface area contributed by atoms with Crippen LogP contribution in [0.4, 0.5) is 18.9 Å². The quantitative estimate of drug-likeness (QED) is 0.837. The number of carbonyl (C=O) groups is 2. The van der Waals surface area contributed by atoms with E-state index in [1.54, 1.807) is 0 Å². The van der Waals surface area contributed by atoms with Gasteiger partial charge in [-0.2, -0.15) is 13.2 Å². The second-order valence-corrected chi connectivity index (χ2v) is 8.00. The first-order chi connectivity index (χ1) is 13.0. The molecule has 0 aliphatic carbocycles. The molecule has 0 radical (unpaired) electrons. The maximum atomic E-state index is 13.0. The molecule has 0 saturated carbocycles. The topological polar surface area (TPSA) is 83.6 Å². The standard InChI is InChI=1S/C18H15F3N2O4S/c1-3-23-17(25)13-7-5-11(8-15(13)28(23,26)27)16(24)22-12-6-4-10(2)14(9-12)18(19,20)21/h4-9H,3H2,1-2H3,(H,22,24). The Morgan fingerprint density at radius 1 is 1.14 bits per heavy atom. The molecule has 2 amide bonds. The molecule has 0 unspecified atom stereocenters. The number of sulfonamides is 1. The number of hydrogen-bond acceptors (Lipinski definition) is 4. The third-order valence-electron chi connectivity index (χ3n) is 4.36. The Balaban J connectivity index is 1.93. The molecular formula is C18H15F3N2O4S. The summed E-state index contributed by atoms with van der Waals surface area (Å²) in [7, 11) is -4.05. The average Bonchev–Trinajstić information content (AvgIpc) is 2.81. The number of amides is 2. The first-order valence-electron chi connectivity index (χ1n) is 8.17. The highest BCUT2D eigenvalue weighted by molar-refractivity contribution is 7.90. The molecule has 3 rings (SSSR count). The van der Waals surface area contributed by atoms with Crippen molar-refractivity contribution >= 4 is 27.5 Å². The lowest BCUT2D eigenvalue weighted by atomic mass is 10.1. The van der Waals surface area contributed by atoms with Crippen LogP contribution in [0.3, 0.4) is 0 Å². The van der Waals surface area contributed by atoms with Gasteiger partial charge >= 0.3 is 6.18 Å². The third kappa shape index (κ3) is 3.24. The van der Waals surface area contributed by atoms with Crippen LogP contribution in [0.2, 0.25) is 0 Å². The van der Waals surface area contributed by atoms with Gasteiger partial charge in [-0.3, -0.25) is 9.59 Å². The molecule has 28 heavy (non-hydrogen) atoms. The Kier molecular flexibility index (Phi) is 4.70. The van der Waals surface area contributed by atoms with Gasteiger partial charge in [0.25, 0.3) is 21.8 Å². The van der Waals surface area contributed by atoms with Crippen molar-refractivity contribution in [2.75, 3.05) is 11.9 Å². The molecule has 1 heterocycles. The SMILES string of the molecule is CCN1C(=O)c2ccc(C(=O)Nc3ccc(C)c(C(F)(F)F)c3)cc2S1(=O)=O. The van der Waals surface area contributed by atoms with Crippen LogP contribution in [0.15, 0.2) is 41.3 Å². The minimum absolute atomic E-state index is 0.00675. The van der Waals surface area contributed by atoms with E-state index >= 15 is 0 Å². The highest BCUT2D eigenvalue weighted by Gasteiger charge is 2.40.